The molecule has 0 spiro atoms. The summed E-state index contributed by atoms with van der Waals surface area (Å²) in [7, 11) is -3.56. The lowest BCUT2D eigenvalue weighted by Crippen LogP contribution is -2.43. The molecule has 1 aliphatic heterocycles. The van der Waals surface area contributed by atoms with Crippen LogP contribution in [0.25, 0.3) is 0 Å². The molecule has 1 saturated heterocycles. The van der Waals surface area contributed by atoms with Crippen molar-refractivity contribution in [2.45, 2.75) is 50.3 Å². The van der Waals surface area contributed by atoms with E-state index in [0.717, 1.165) is 18.4 Å². The van der Waals surface area contributed by atoms with Gasteiger partial charge in [0.25, 0.3) is 0 Å². The molecule has 0 aromatic heterocycles. The largest absolute Gasteiger partial charge is 0.377 e. The SMILES string of the molecule is CC(C)[C@H](N)C(=O)NCc1ccc(S(=O)(=O)NCC2CCCO2)cc1. The summed E-state index contributed by atoms with van der Waals surface area (Å²) in [6, 6.07) is 5.87. The van der Waals surface area contributed by atoms with Crippen LogP contribution in [0.4, 0.5) is 0 Å². The lowest BCUT2D eigenvalue weighted by molar-refractivity contribution is -0.123. The number of sulfonamides is 1. The van der Waals surface area contributed by atoms with E-state index in [0.29, 0.717) is 13.2 Å². The van der Waals surface area contributed by atoms with Gasteiger partial charge in [0, 0.05) is 19.7 Å². The van der Waals surface area contributed by atoms with Crippen molar-refractivity contribution in [1.82, 2.24) is 10.0 Å². The predicted octanol–water partition coefficient (Wildman–Crippen LogP) is 0.743. The van der Waals surface area contributed by atoms with E-state index in [1.165, 1.54) is 12.1 Å². The van der Waals surface area contributed by atoms with Gasteiger partial charge in [0.1, 0.15) is 0 Å². The molecule has 0 radical (unpaired) electrons. The smallest absolute Gasteiger partial charge is 0.240 e. The summed E-state index contributed by atoms with van der Waals surface area (Å²) in [5, 5.41) is 2.75. The van der Waals surface area contributed by atoms with E-state index in [2.05, 4.69) is 10.0 Å². The van der Waals surface area contributed by atoms with Crippen molar-refractivity contribution in [1.29, 1.82) is 0 Å². The molecular weight excluding hydrogens is 342 g/mol. The zero-order valence-electron chi connectivity index (χ0n) is 14.7. The summed E-state index contributed by atoms with van der Waals surface area (Å²) in [4.78, 5) is 12.0. The van der Waals surface area contributed by atoms with Gasteiger partial charge < -0.3 is 15.8 Å². The van der Waals surface area contributed by atoms with Crippen LogP contribution in [-0.2, 0) is 26.1 Å². The molecule has 25 heavy (non-hydrogen) atoms. The second kappa shape index (κ2) is 8.75. The molecule has 1 aromatic rings. The van der Waals surface area contributed by atoms with E-state index < -0.39 is 16.1 Å². The van der Waals surface area contributed by atoms with E-state index in [1.54, 1.807) is 12.1 Å². The Kier molecular flexibility index (Phi) is 6.95. The molecule has 0 bridgehead atoms. The first-order chi connectivity index (χ1) is 11.8. The first-order valence-corrected chi connectivity index (χ1v) is 10.0. The Labute approximate surface area is 149 Å². The third kappa shape index (κ3) is 5.78. The number of hydrogen-bond donors (Lipinski definition) is 3. The van der Waals surface area contributed by atoms with E-state index in [9.17, 15) is 13.2 Å². The zero-order valence-corrected chi connectivity index (χ0v) is 15.5. The van der Waals surface area contributed by atoms with Crippen molar-refractivity contribution >= 4 is 15.9 Å². The van der Waals surface area contributed by atoms with Crippen LogP contribution in [0, 0.1) is 5.92 Å². The quantitative estimate of drug-likeness (QED) is 0.626. The van der Waals surface area contributed by atoms with Crippen molar-refractivity contribution in [2.75, 3.05) is 13.2 Å². The summed E-state index contributed by atoms with van der Waals surface area (Å²) in [6.07, 6.45) is 1.79. The Bertz CT molecular complexity index is 668. The van der Waals surface area contributed by atoms with Crippen molar-refractivity contribution in [3.63, 3.8) is 0 Å². The molecule has 7 nitrogen and oxygen atoms in total. The number of nitrogens with one attached hydrogen (secondary N) is 2. The second-order valence-corrected chi connectivity index (χ2v) is 8.39. The van der Waals surface area contributed by atoms with Crippen molar-refractivity contribution < 1.29 is 17.9 Å². The van der Waals surface area contributed by atoms with E-state index in [-0.39, 0.29) is 29.4 Å². The Hall–Kier alpha value is -1.48. The zero-order chi connectivity index (χ0) is 18.4. The molecule has 1 heterocycles. The van der Waals surface area contributed by atoms with Gasteiger partial charge in [-0.1, -0.05) is 26.0 Å². The molecule has 2 atom stereocenters. The molecule has 1 unspecified atom stereocenters. The molecule has 1 aromatic carbocycles. The van der Waals surface area contributed by atoms with Gasteiger partial charge in [-0.05, 0) is 36.5 Å². The monoisotopic (exact) mass is 369 g/mol. The van der Waals surface area contributed by atoms with Crippen LogP contribution in [-0.4, -0.2) is 39.6 Å². The Morgan fingerprint density at radius 2 is 2.00 bits per heavy atom. The minimum atomic E-state index is -3.56. The summed E-state index contributed by atoms with van der Waals surface area (Å²) in [5.41, 5.74) is 6.59. The Balaban J connectivity index is 1.88. The van der Waals surface area contributed by atoms with E-state index >= 15 is 0 Å². The Morgan fingerprint density at radius 3 is 2.56 bits per heavy atom. The van der Waals surface area contributed by atoms with Crippen LogP contribution in [0.5, 0.6) is 0 Å². The summed E-state index contributed by atoms with van der Waals surface area (Å²) < 4.78 is 32.5. The average molecular weight is 369 g/mol. The summed E-state index contributed by atoms with van der Waals surface area (Å²) in [6.45, 7) is 5.05. The van der Waals surface area contributed by atoms with Gasteiger partial charge in [-0.15, -0.1) is 0 Å². The van der Waals surface area contributed by atoms with Gasteiger partial charge >= 0.3 is 0 Å². The second-order valence-electron chi connectivity index (χ2n) is 6.62. The number of carbonyl (C=O) groups excluding carboxylic acids is 1. The molecular formula is C17H27N3O4S. The number of hydrogen-bond acceptors (Lipinski definition) is 5. The third-order valence-electron chi connectivity index (χ3n) is 4.25. The first-order valence-electron chi connectivity index (χ1n) is 8.53. The molecule has 2 rings (SSSR count). The molecule has 0 saturated carbocycles. The van der Waals surface area contributed by atoms with Crippen molar-refractivity contribution in [3.05, 3.63) is 29.8 Å². The molecule has 1 amide bonds. The number of carbonyl (C=O) groups is 1. The van der Waals surface area contributed by atoms with Crippen molar-refractivity contribution in [2.24, 2.45) is 11.7 Å². The Morgan fingerprint density at radius 1 is 1.32 bits per heavy atom. The molecule has 4 N–H and O–H groups in total. The highest BCUT2D eigenvalue weighted by Crippen LogP contribution is 2.14. The lowest BCUT2D eigenvalue weighted by atomic mass is 10.0. The predicted molar refractivity (Wildman–Crippen MR) is 95.3 cm³/mol. The highest BCUT2D eigenvalue weighted by molar-refractivity contribution is 7.89. The number of rotatable bonds is 8. The van der Waals surface area contributed by atoms with Crippen LogP contribution in [0.3, 0.4) is 0 Å². The highest BCUT2D eigenvalue weighted by Gasteiger charge is 2.20. The maximum atomic E-state index is 12.3. The van der Waals surface area contributed by atoms with Gasteiger partial charge in [-0.25, -0.2) is 13.1 Å². The average Bonchev–Trinajstić information content (AvgIpc) is 3.11. The van der Waals surface area contributed by atoms with Crippen LogP contribution in [0.15, 0.2) is 29.2 Å². The number of benzene rings is 1. The van der Waals surface area contributed by atoms with Crippen LogP contribution in [0.1, 0.15) is 32.3 Å². The molecule has 1 fully saturated rings. The maximum absolute atomic E-state index is 12.3. The topological polar surface area (TPSA) is 111 Å². The van der Waals surface area contributed by atoms with Crippen LogP contribution >= 0.6 is 0 Å². The molecule has 8 heteroatoms. The van der Waals surface area contributed by atoms with Gasteiger partial charge in [-0.3, -0.25) is 4.79 Å². The lowest BCUT2D eigenvalue weighted by Gasteiger charge is -2.15. The fourth-order valence-corrected chi connectivity index (χ4v) is 3.55. The molecule has 1 aliphatic rings. The normalized spacial score (nSPS) is 19.1. The van der Waals surface area contributed by atoms with Gasteiger partial charge in [-0.2, -0.15) is 0 Å². The standard InChI is InChI=1S/C17H27N3O4S/c1-12(2)16(18)17(21)19-10-13-5-7-15(8-6-13)25(22,23)20-11-14-4-3-9-24-14/h5-8,12,14,16,20H,3-4,9-11,18H2,1-2H3,(H,19,21)/t14?,16-/m0/s1. The summed E-state index contributed by atoms with van der Waals surface area (Å²) in [5.74, 6) is -0.160. The number of amides is 1. The van der Waals surface area contributed by atoms with Gasteiger partial charge in [0.15, 0.2) is 0 Å². The first kappa shape index (κ1) is 19.8. The van der Waals surface area contributed by atoms with E-state index in [1.807, 2.05) is 13.8 Å². The summed E-state index contributed by atoms with van der Waals surface area (Å²) >= 11 is 0. The fraction of sp³-hybridized carbons (Fsp3) is 0.588. The fourth-order valence-electron chi connectivity index (χ4n) is 2.49. The van der Waals surface area contributed by atoms with Crippen molar-refractivity contribution in [3.8, 4) is 0 Å². The van der Waals surface area contributed by atoms with E-state index in [4.69, 9.17) is 10.5 Å². The molecule has 0 aliphatic carbocycles. The minimum Gasteiger partial charge on any atom is -0.377 e. The van der Waals surface area contributed by atoms with Crippen LogP contribution in [0.2, 0.25) is 0 Å². The third-order valence-corrected chi connectivity index (χ3v) is 5.69. The minimum absolute atomic E-state index is 0.0468. The van der Waals surface area contributed by atoms with Gasteiger partial charge in [0.05, 0.1) is 17.0 Å². The maximum Gasteiger partial charge on any atom is 0.240 e. The number of nitrogens with two attached hydrogens (primary N) is 1. The highest BCUT2D eigenvalue weighted by atomic mass is 32.2. The molecule has 140 valence electrons. The number of ether oxygens (including phenoxy) is 1. The van der Waals surface area contributed by atoms with Crippen LogP contribution < -0.4 is 15.8 Å². The van der Waals surface area contributed by atoms with Gasteiger partial charge in [0.2, 0.25) is 15.9 Å².